The quantitative estimate of drug-likeness (QED) is 0.771. The molecule has 0 spiro atoms. The summed E-state index contributed by atoms with van der Waals surface area (Å²) >= 11 is 0. The number of nitrogens with one attached hydrogen (secondary N) is 1. The smallest absolute Gasteiger partial charge is 0.123 e. The third-order valence-corrected chi connectivity index (χ3v) is 2.35. The van der Waals surface area contributed by atoms with E-state index >= 15 is 0 Å². The summed E-state index contributed by atoms with van der Waals surface area (Å²) < 4.78 is 13.0. The lowest BCUT2D eigenvalue weighted by molar-refractivity contribution is 0.550. The molecule has 0 aliphatic heterocycles. The number of nitrogens with zero attached hydrogens (tertiary/aromatic N) is 1. The average molecular weight is 218 g/mol. The monoisotopic (exact) mass is 218 g/mol. The van der Waals surface area contributed by atoms with Crippen LogP contribution in [0.2, 0.25) is 0 Å². The lowest BCUT2D eigenvalue weighted by Crippen LogP contribution is -2.25. The Morgan fingerprint density at radius 3 is 3.00 bits per heavy atom. The third kappa shape index (κ3) is 3.48. The van der Waals surface area contributed by atoms with Crippen LogP contribution in [0.15, 0.2) is 30.9 Å². The van der Waals surface area contributed by atoms with Gasteiger partial charge in [-0.3, -0.25) is 0 Å². The van der Waals surface area contributed by atoms with Crippen molar-refractivity contribution < 1.29 is 4.39 Å². The second kappa shape index (κ2) is 6.04. The standard InChI is InChI=1S/C13H15FN2/c1-3-4-10(2)16-9-12-7-13(14)6-5-11(12)8-15/h3,5-7,10,16H,1,4,9H2,2H3. The maximum absolute atomic E-state index is 13.0. The Hall–Kier alpha value is -1.66. The number of benzene rings is 1. The van der Waals surface area contributed by atoms with Gasteiger partial charge in [-0.05, 0) is 37.1 Å². The normalized spacial score (nSPS) is 11.8. The Morgan fingerprint density at radius 1 is 1.62 bits per heavy atom. The minimum absolute atomic E-state index is 0.271. The lowest BCUT2D eigenvalue weighted by atomic mass is 10.1. The van der Waals surface area contributed by atoms with Crippen LogP contribution in [0.4, 0.5) is 4.39 Å². The molecule has 0 saturated heterocycles. The molecule has 1 unspecified atom stereocenters. The van der Waals surface area contributed by atoms with E-state index in [9.17, 15) is 4.39 Å². The van der Waals surface area contributed by atoms with Crippen molar-refractivity contribution in [2.24, 2.45) is 0 Å². The molecule has 0 aliphatic carbocycles. The first-order valence-electron chi connectivity index (χ1n) is 5.20. The summed E-state index contributed by atoms with van der Waals surface area (Å²) in [7, 11) is 0. The fraction of sp³-hybridized carbons (Fsp3) is 0.308. The topological polar surface area (TPSA) is 35.8 Å². The molecule has 0 heterocycles. The zero-order chi connectivity index (χ0) is 12.0. The Morgan fingerprint density at radius 2 is 2.38 bits per heavy atom. The molecule has 1 rings (SSSR count). The lowest BCUT2D eigenvalue weighted by Gasteiger charge is -2.12. The molecule has 16 heavy (non-hydrogen) atoms. The van der Waals surface area contributed by atoms with Gasteiger partial charge in [0.15, 0.2) is 0 Å². The Bertz CT molecular complexity index is 407. The fourth-order valence-electron chi connectivity index (χ4n) is 1.44. The Kier molecular flexibility index (Phi) is 4.68. The predicted molar refractivity (Wildman–Crippen MR) is 62.2 cm³/mol. The maximum Gasteiger partial charge on any atom is 0.123 e. The summed E-state index contributed by atoms with van der Waals surface area (Å²) in [6, 6.07) is 6.52. The van der Waals surface area contributed by atoms with Crippen LogP contribution in [0.5, 0.6) is 0 Å². The minimum atomic E-state index is -0.313. The van der Waals surface area contributed by atoms with Gasteiger partial charge in [-0.1, -0.05) is 6.08 Å². The first kappa shape index (κ1) is 12.4. The molecule has 0 saturated carbocycles. The van der Waals surface area contributed by atoms with Gasteiger partial charge in [-0.2, -0.15) is 5.26 Å². The largest absolute Gasteiger partial charge is 0.310 e. The van der Waals surface area contributed by atoms with Crippen molar-refractivity contribution in [1.82, 2.24) is 5.32 Å². The van der Waals surface area contributed by atoms with Crippen molar-refractivity contribution in [1.29, 1.82) is 5.26 Å². The van der Waals surface area contributed by atoms with E-state index in [1.165, 1.54) is 18.2 Å². The number of halogens is 1. The van der Waals surface area contributed by atoms with Crippen molar-refractivity contribution in [3.05, 3.63) is 47.8 Å². The molecule has 1 aromatic carbocycles. The highest BCUT2D eigenvalue weighted by atomic mass is 19.1. The first-order valence-corrected chi connectivity index (χ1v) is 5.20. The van der Waals surface area contributed by atoms with Crippen LogP contribution in [0.1, 0.15) is 24.5 Å². The molecule has 3 heteroatoms. The molecule has 0 aliphatic rings. The predicted octanol–water partition coefficient (Wildman–Crippen LogP) is 2.75. The van der Waals surface area contributed by atoms with Gasteiger partial charge in [0.05, 0.1) is 11.6 Å². The Labute approximate surface area is 95.4 Å². The van der Waals surface area contributed by atoms with E-state index in [4.69, 9.17) is 5.26 Å². The summed E-state index contributed by atoms with van der Waals surface area (Å²) in [5, 5.41) is 12.1. The number of nitriles is 1. The SMILES string of the molecule is C=CCC(C)NCc1cc(F)ccc1C#N. The molecule has 0 fully saturated rings. The minimum Gasteiger partial charge on any atom is -0.310 e. The summed E-state index contributed by atoms with van der Waals surface area (Å²) in [5.41, 5.74) is 1.21. The highest BCUT2D eigenvalue weighted by molar-refractivity contribution is 5.37. The summed E-state index contributed by atoms with van der Waals surface area (Å²) in [6.45, 7) is 6.17. The first-order chi connectivity index (χ1) is 7.67. The van der Waals surface area contributed by atoms with E-state index in [0.29, 0.717) is 17.7 Å². The number of rotatable bonds is 5. The molecule has 0 amide bonds. The van der Waals surface area contributed by atoms with Crippen LogP contribution in [-0.2, 0) is 6.54 Å². The average Bonchev–Trinajstić information content (AvgIpc) is 2.27. The van der Waals surface area contributed by atoms with Gasteiger partial charge in [-0.25, -0.2) is 4.39 Å². The van der Waals surface area contributed by atoms with Crippen LogP contribution in [-0.4, -0.2) is 6.04 Å². The van der Waals surface area contributed by atoms with Crippen molar-refractivity contribution in [3.63, 3.8) is 0 Å². The van der Waals surface area contributed by atoms with E-state index in [1.807, 2.05) is 13.0 Å². The van der Waals surface area contributed by atoms with Gasteiger partial charge in [0, 0.05) is 12.6 Å². The van der Waals surface area contributed by atoms with E-state index in [2.05, 4.69) is 18.0 Å². The van der Waals surface area contributed by atoms with Gasteiger partial charge in [0.2, 0.25) is 0 Å². The third-order valence-electron chi connectivity index (χ3n) is 2.35. The van der Waals surface area contributed by atoms with Crippen molar-refractivity contribution in [2.75, 3.05) is 0 Å². The van der Waals surface area contributed by atoms with Crippen LogP contribution in [0.25, 0.3) is 0 Å². The molecule has 1 aromatic rings. The highest BCUT2D eigenvalue weighted by Crippen LogP contribution is 2.10. The highest BCUT2D eigenvalue weighted by Gasteiger charge is 2.05. The van der Waals surface area contributed by atoms with E-state index in [0.717, 1.165) is 6.42 Å². The fourth-order valence-corrected chi connectivity index (χ4v) is 1.44. The molecular weight excluding hydrogens is 203 g/mol. The van der Waals surface area contributed by atoms with Crippen molar-refractivity contribution >= 4 is 0 Å². The van der Waals surface area contributed by atoms with E-state index in [1.54, 1.807) is 0 Å². The molecular formula is C13H15FN2. The van der Waals surface area contributed by atoms with Crippen molar-refractivity contribution in [2.45, 2.75) is 25.9 Å². The second-order valence-electron chi connectivity index (χ2n) is 3.72. The maximum atomic E-state index is 13.0. The summed E-state index contributed by atoms with van der Waals surface area (Å²) in [5.74, 6) is -0.313. The Balaban J connectivity index is 2.69. The zero-order valence-electron chi connectivity index (χ0n) is 9.33. The number of hydrogen-bond acceptors (Lipinski definition) is 2. The molecule has 84 valence electrons. The molecule has 1 N–H and O–H groups in total. The number of hydrogen-bond donors (Lipinski definition) is 1. The van der Waals surface area contributed by atoms with Gasteiger partial charge in [0.1, 0.15) is 5.82 Å². The second-order valence-corrected chi connectivity index (χ2v) is 3.72. The molecule has 2 nitrogen and oxygen atoms in total. The van der Waals surface area contributed by atoms with Gasteiger partial charge >= 0.3 is 0 Å². The van der Waals surface area contributed by atoms with Gasteiger partial charge in [0.25, 0.3) is 0 Å². The van der Waals surface area contributed by atoms with Crippen LogP contribution in [0, 0.1) is 17.1 Å². The molecule has 0 radical (unpaired) electrons. The molecule has 0 aromatic heterocycles. The summed E-state index contributed by atoms with van der Waals surface area (Å²) in [4.78, 5) is 0. The van der Waals surface area contributed by atoms with Crippen molar-refractivity contribution in [3.8, 4) is 6.07 Å². The van der Waals surface area contributed by atoms with E-state index in [-0.39, 0.29) is 11.9 Å². The van der Waals surface area contributed by atoms with E-state index < -0.39 is 0 Å². The zero-order valence-corrected chi connectivity index (χ0v) is 9.33. The van der Waals surface area contributed by atoms with Gasteiger partial charge in [-0.15, -0.1) is 6.58 Å². The van der Waals surface area contributed by atoms with Crippen LogP contribution < -0.4 is 5.32 Å². The molecule has 0 bridgehead atoms. The summed E-state index contributed by atoms with van der Waals surface area (Å²) in [6.07, 6.45) is 2.67. The molecule has 1 atom stereocenters. The van der Waals surface area contributed by atoms with Gasteiger partial charge < -0.3 is 5.32 Å². The van der Waals surface area contributed by atoms with Crippen LogP contribution >= 0.6 is 0 Å². The van der Waals surface area contributed by atoms with Crippen LogP contribution in [0.3, 0.4) is 0 Å².